The van der Waals surface area contributed by atoms with Crippen LogP contribution in [0.15, 0.2) is 53.0 Å². The summed E-state index contributed by atoms with van der Waals surface area (Å²) in [7, 11) is 0. The van der Waals surface area contributed by atoms with Crippen LogP contribution in [0, 0.1) is 0 Å². The molecule has 29 heavy (non-hydrogen) atoms. The summed E-state index contributed by atoms with van der Waals surface area (Å²) in [6, 6.07) is 12.2. The van der Waals surface area contributed by atoms with Gasteiger partial charge in [-0.3, -0.25) is 14.4 Å². The van der Waals surface area contributed by atoms with Crippen LogP contribution in [0.4, 0.5) is 14.5 Å². The van der Waals surface area contributed by atoms with E-state index in [9.17, 15) is 23.2 Å². The molecular weight excluding hydrogens is 454 g/mol. The molecule has 0 bridgehead atoms. The Morgan fingerprint density at radius 3 is 2.52 bits per heavy atom. The van der Waals surface area contributed by atoms with Gasteiger partial charge < -0.3 is 20.1 Å². The molecule has 1 unspecified atom stereocenters. The first-order valence-electron chi connectivity index (χ1n) is 8.34. The van der Waals surface area contributed by atoms with E-state index >= 15 is 0 Å². The van der Waals surface area contributed by atoms with Crippen LogP contribution < -0.4 is 15.4 Å². The van der Waals surface area contributed by atoms with Crippen LogP contribution in [0.1, 0.15) is 17.3 Å². The zero-order valence-corrected chi connectivity index (χ0v) is 16.7. The van der Waals surface area contributed by atoms with E-state index in [1.165, 1.54) is 31.2 Å². The van der Waals surface area contributed by atoms with Crippen molar-refractivity contribution in [1.82, 2.24) is 5.32 Å². The average Bonchev–Trinajstić information content (AvgIpc) is 2.67. The normalized spacial score (nSPS) is 11.5. The summed E-state index contributed by atoms with van der Waals surface area (Å²) >= 11 is 3.24. The Morgan fingerprint density at radius 2 is 1.83 bits per heavy atom. The van der Waals surface area contributed by atoms with Gasteiger partial charge in [-0.05, 0) is 37.3 Å². The van der Waals surface area contributed by atoms with Crippen molar-refractivity contribution in [2.24, 2.45) is 0 Å². The molecule has 2 aromatic carbocycles. The number of anilines is 1. The number of halogens is 3. The second-order valence-electron chi connectivity index (χ2n) is 5.69. The predicted octanol–water partition coefficient (Wildman–Crippen LogP) is 3.35. The van der Waals surface area contributed by atoms with E-state index < -0.39 is 37.0 Å². The molecule has 0 aliphatic rings. The van der Waals surface area contributed by atoms with Gasteiger partial charge in [-0.1, -0.05) is 34.1 Å². The molecule has 0 spiro atoms. The average molecular weight is 471 g/mol. The molecule has 7 nitrogen and oxygen atoms in total. The highest BCUT2D eigenvalue weighted by Crippen LogP contribution is 2.25. The minimum atomic E-state index is -3.06. The highest BCUT2D eigenvalue weighted by atomic mass is 79.9. The van der Waals surface area contributed by atoms with Crippen molar-refractivity contribution in [2.45, 2.75) is 19.6 Å². The standard InChI is InChI=1S/C19H17BrF2N2O5/c1-11(17(26)24-14-7-2-3-8-15(14)29-19(21)22)28-16(25)10-23-18(27)12-5-4-6-13(20)9-12/h2-9,11,19H,10H2,1H3,(H,23,27)(H,24,26). The zero-order chi connectivity index (χ0) is 21.4. The van der Waals surface area contributed by atoms with Crippen molar-refractivity contribution >= 4 is 39.4 Å². The molecule has 0 aromatic heterocycles. The number of nitrogens with one attached hydrogen (secondary N) is 2. The van der Waals surface area contributed by atoms with Gasteiger partial charge >= 0.3 is 12.6 Å². The van der Waals surface area contributed by atoms with Crippen molar-refractivity contribution in [3.05, 3.63) is 58.6 Å². The molecule has 0 heterocycles. The molecule has 0 aliphatic carbocycles. The maximum atomic E-state index is 12.4. The molecule has 2 N–H and O–H groups in total. The summed E-state index contributed by atoms with van der Waals surface area (Å²) in [6.07, 6.45) is -1.23. The Kier molecular flexibility index (Phi) is 8.08. The van der Waals surface area contributed by atoms with Crippen LogP contribution >= 0.6 is 15.9 Å². The van der Waals surface area contributed by atoms with Gasteiger partial charge in [-0.25, -0.2) is 0 Å². The molecule has 154 valence electrons. The summed E-state index contributed by atoms with van der Waals surface area (Å²) in [5, 5.41) is 4.73. The molecule has 0 aliphatic heterocycles. The maximum Gasteiger partial charge on any atom is 0.387 e. The molecule has 2 amide bonds. The third-order valence-corrected chi connectivity index (χ3v) is 4.01. The fraction of sp³-hybridized carbons (Fsp3) is 0.211. The minimum Gasteiger partial charge on any atom is -0.451 e. The van der Waals surface area contributed by atoms with Crippen LogP contribution in [0.3, 0.4) is 0 Å². The fourth-order valence-electron chi connectivity index (χ4n) is 2.18. The van der Waals surface area contributed by atoms with E-state index in [4.69, 9.17) is 4.74 Å². The molecular formula is C19H17BrF2N2O5. The van der Waals surface area contributed by atoms with Gasteiger partial charge in [0.1, 0.15) is 12.3 Å². The molecule has 0 saturated carbocycles. The molecule has 0 radical (unpaired) electrons. The third kappa shape index (κ3) is 7.15. The van der Waals surface area contributed by atoms with Gasteiger partial charge in [-0.2, -0.15) is 8.78 Å². The third-order valence-electron chi connectivity index (χ3n) is 3.52. The Balaban J connectivity index is 1.86. The first-order chi connectivity index (χ1) is 13.8. The molecule has 10 heteroatoms. The Morgan fingerprint density at radius 1 is 1.10 bits per heavy atom. The van der Waals surface area contributed by atoms with Crippen molar-refractivity contribution in [3.63, 3.8) is 0 Å². The predicted molar refractivity (Wildman–Crippen MR) is 104 cm³/mol. The van der Waals surface area contributed by atoms with Gasteiger partial charge in [-0.15, -0.1) is 0 Å². The summed E-state index contributed by atoms with van der Waals surface area (Å²) in [4.78, 5) is 36.0. The number of amides is 2. The van der Waals surface area contributed by atoms with Crippen LogP contribution in [0.2, 0.25) is 0 Å². The summed E-state index contributed by atoms with van der Waals surface area (Å²) < 4.78 is 34.8. The van der Waals surface area contributed by atoms with Gasteiger partial charge in [0, 0.05) is 10.0 Å². The van der Waals surface area contributed by atoms with Gasteiger partial charge in [0.05, 0.1) is 5.69 Å². The summed E-state index contributed by atoms with van der Waals surface area (Å²) in [5.41, 5.74) is 0.345. The monoisotopic (exact) mass is 470 g/mol. The second kappa shape index (κ2) is 10.5. The molecule has 1 atom stereocenters. The Hall–Kier alpha value is -3.01. The van der Waals surface area contributed by atoms with Crippen LogP contribution in [0.25, 0.3) is 0 Å². The van der Waals surface area contributed by atoms with Gasteiger partial charge in [0.2, 0.25) is 0 Å². The Bertz CT molecular complexity index is 894. The van der Waals surface area contributed by atoms with E-state index in [-0.39, 0.29) is 11.4 Å². The van der Waals surface area contributed by atoms with E-state index in [1.54, 1.807) is 24.3 Å². The molecule has 0 saturated heterocycles. The van der Waals surface area contributed by atoms with E-state index in [2.05, 4.69) is 31.3 Å². The SMILES string of the molecule is CC(OC(=O)CNC(=O)c1cccc(Br)c1)C(=O)Nc1ccccc1OC(F)F. The van der Waals surface area contributed by atoms with E-state index in [1.807, 2.05) is 0 Å². The largest absolute Gasteiger partial charge is 0.451 e. The number of para-hydroxylation sites is 2. The number of esters is 1. The fourth-order valence-corrected chi connectivity index (χ4v) is 2.58. The summed E-state index contributed by atoms with van der Waals surface area (Å²) in [6.45, 7) is -2.20. The Labute approximate surface area is 173 Å². The van der Waals surface area contributed by atoms with Crippen molar-refractivity contribution in [3.8, 4) is 5.75 Å². The zero-order valence-electron chi connectivity index (χ0n) is 15.2. The van der Waals surface area contributed by atoms with Crippen LogP contribution in [-0.4, -0.2) is 37.0 Å². The number of carbonyl (C=O) groups excluding carboxylic acids is 3. The van der Waals surface area contributed by atoms with Crippen LogP contribution in [-0.2, 0) is 14.3 Å². The maximum absolute atomic E-state index is 12.4. The van der Waals surface area contributed by atoms with Crippen molar-refractivity contribution in [1.29, 1.82) is 0 Å². The number of rotatable bonds is 8. The quantitative estimate of drug-likeness (QED) is 0.577. The number of carbonyl (C=O) groups is 3. The number of benzene rings is 2. The second-order valence-corrected chi connectivity index (χ2v) is 6.60. The van der Waals surface area contributed by atoms with Gasteiger partial charge in [0.25, 0.3) is 11.8 Å². The lowest BCUT2D eigenvalue weighted by Gasteiger charge is -2.16. The molecule has 2 rings (SSSR count). The van der Waals surface area contributed by atoms with Crippen molar-refractivity contribution in [2.75, 3.05) is 11.9 Å². The minimum absolute atomic E-state index is 0.00339. The lowest BCUT2D eigenvalue weighted by Crippen LogP contribution is -2.35. The number of ether oxygens (including phenoxy) is 2. The van der Waals surface area contributed by atoms with E-state index in [0.717, 1.165) is 0 Å². The molecule has 2 aromatic rings. The van der Waals surface area contributed by atoms with Crippen molar-refractivity contribution < 1.29 is 32.6 Å². The first kappa shape index (κ1) is 22.3. The molecule has 0 fully saturated rings. The number of hydrogen-bond donors (Lipinski definition) is 2. The lowest BCUT2D eigenvalue weighted by molar-refractivity contribution is -0.152. The smallest absolute Gasteiger partial charge is 0.387 e. The number of hydrogen-bond acceptors (Lipinski definition) is 5. The van der Waals surface area contributed by atoms with Crippen LogP contribution in [0.5, 0.6) is 5.75 Å². The summed E-state index contributed by atoms with van der Waals surface area (Å²) in [5.74, 6) is -2.30. The highest BCUT2D eigenvalue weighted by Gasteiger charge is 2.20. The van der Waals surface area contributed by atoms with E-state index in [0.29, 0.717) is 10.0 Å². The number of alkyl halides is 2. The highest BCUT2D eigenvalue weighted by molar-refractivity contribution is 9.10. The topological polar surface area (TPSA) is 93.7 Å². The lowest BCUT2D eigenvalue weighted by atomic mass is 10.2. The first-order valence-corrected chi connectivity index (χ1v) is 9.13. The van der Waals surface area contributed by atoms with Gasteiger partial charge in [0.15, 0.2) is 6.10 Å².